The molecule has 1 aromatic carbocycles. The van der Waals surface area contributed by atoms with Crippen LogP contribution in [0.1, 0.15) is 17.0 Å². The highest BCUT2D eigenvalue weighted by Crippen LogP contribution is 2.26. The molecule has 5 heteroatoms. The maximum absolute atomic E-state index is 11.9. The summed E-state index contributed by atoms with van der Waals surface area (Å²) in [4.78, 5) is 11.9. The molecule has 0 atom stereocenters. The van der Waals surface area contributed by atoms with E-state index in [4.69, 9.17) is 9.47 Å². The second-order valence-electron chi connectivity index (χ2n) is 4.61. The lowest BCUT2D eigenvalue weighted by Gasteiger charge is -2.06. The van der Waals surface area contributed by atoms with Gasteiger partial charge in [-0.2, -0.15) is 5.10 Å². The number of ether oxygens (including phenoxy) is 2. The third kappa shape index (κ3) is 3.31. The van der Waals surface area contributed by atoms with E-state index in [1.54, 1.807) is 29.0 Å². The van der Waals surface area contributed by atoms with Gasteiger partial charge in [-0.25, -0.2) is 4.79 Å². The normalized spacial score (nSPS) is 10.9. The summed E-state index contributed by atoms with van der Waals surface area (Å²) in [6.07, 6.45) is 3.11. The lowest BCUT2D eigenvalue weighted by Crippen LogP contribution is -2.05. The number of carbonyl (C=O) groups excluding carboxylic acids is 1. The Balaban J connectivity index is 2.13. The van der Waals surface area contributed by atoms with E-state index in [9.17, 15) is 4.79 Å². The van der Waals surface area contributed by atoms with Gasteiger partial charge in [-0.15, -0.1) is 0 Å². The molecule has 0 fully saturated rings. The van der Waals surface area contributed by atoms with Crippen molar-refractivity contribution in [3.63, 3.8) is 0 Å². The number of methoxy groups -OCH3 is 1. The van der Waals surface area contributed by atoms with Crippen LogP contribution < -0.4 is 9.47 Å². The monoisotopic (exact) mass is 286 g/mol. The molecule has 0 spiro atoms. The van der Waals surface area contributed by atoms with Crippen LogP contribution in [0, 0.1) is 13.8 Å². The molecule has 110 valence electrons. The number of esters is 1. The quantitative estimate of drug-likeness (QED) is 0.492. The molecule has 0 saturated carbocycles. The van der Waals surface area contributed by atoms with Crippen molar-refractivity contribution >= 4 is 12.0 Å². The van der Waals surface area contributed by atoms with E-state index in [0.29, 0.717) is 11.5 Å². The molecule has 0 aliphatic carbocycles. The smallest absolute Gasteiger partial charge is 0.336 e. The van der Waals surface area contributed by atoms with Gasteiger partial charge in [-0.1, -0.05) is 12.1 Å². The van der Waals surface area contributed by atoms with Crippen molar-refractivity contribution in [1.29, 1.82) is 0 Å². The second kappa shape index (κ2) is 6.26. The predicted molar refractivity (Wildman–Crippen MR) is 80.3 cm³/mol. The maximum atomic E-state index is 11.9. The van der Waals surface area contributed by atoms with E-state index in [-0.39, 0.29) is 0 Å². The summed E-state index contributed by atoms with van der Waals surface area (Å²) in [5, 5.41) is 4.29. The largest absolute Gasteiger partial charge is 0.493 e. The number of benzene rings is 1. The zero-order valence-corrected chi connectivity index (χ0v) is 12.6. The van der Waals surface area contributed by atoms with E-state index in [0.717, 1.165) is 17.0 Å². The molecule has 0 unspecified atom stereocenters. The van der Waals surface area contributed by atoms with Gasteiger partial charge in [0, 0.05) is 24.4 Å². The Morgan fingerprint density at radius 1 is 1.24 bits per heavy atom. The van der Waals surface area contributed by atoms with Crippen molar-refractivity contribution in [2.45, 2.75) is 13.8 Å². The Hall–Kier alpha value is -2.56. The standard InChI is InChI=1S/C16H18N2O3/c1-11-13(12(2)18(3)17-11)9-10-16(19)21-15-8-6-5-7-14(15)20-4/h5-10H,1-4H3/b10-9+. The van der Waals surface area contributed by atoms with Gasteiger partial charge in [0.1, 0.15) is 0 Å². The molecule has 0 amide bonds. The Kier molecular flexibility index (Phi) is 4.42. The lowest BCUT2D eigenvalue weighted by atomic mass is 10.2. The van der Waals surface area contributed by atoms with Crippen molar-refractivity contribution < 1.29 is 14.3 Å². The van der Waals surface area contributed by atoms with Gasteiger partial charge in [-0.3, -0.25) is 4.68 Å². The first-order chi connectivity index (χ1) is 10.0. The van der Waals surface area contributed by atoms with Crippen LogP contribution in [0.25, 0.3) is 6.08 Å². The minimum Gasteiger partial charge on any atom is -0.493 e. The molecule has 2 rings (SSSR count). The highest BCUT2D eigenvalue weighted by atomic mass is 16.6. The van der Waals surface area contributed by atoms with Gasteiger partial charge in [0.2, 0.25) is 0 Å². The number of para-hydroxylation sites is 2. The second-order valence-corrected chi connectivity index (χ2v) is 4.61. The molecule has 1 aromatic heterocycles. The fraction of sp³-hybridized carbons (Fsp3) is 0.250. The third-order valence-corrected chi connectivity index (χ3v) is 3.23. The highest BCUT2D eigenvalue weighted by molar-refractivity contribution is 5.89. The van der Waals surface area contributed by atoms with Gasteiger partial charge in [-0.05, 0) is 32.1 Å². The molecule has 0 radical (unpaired) electrons. The van der Waals surface area contributed by atoms with Crippen LogP contribution in [-0.4, -0.2) is 22.9 Å². The number of rotatable bonds is 4. The SMILES string of the molecule is COc1ccccc1OC(=O)/C=C/c1c(C)nn(C)c1C. The van der Waals surface area contributed by atoms with Gasteiger partial charge in [0.05, 0.1) is 12.8 Å². The molecule has 0 N–H and O–H groups in total. The zero-order chi connectivity index (χ0) is 15.4. The number of carbonyl (C=O) groups is 1. The van der Waals surface area contributed by atoms with Crippen LogP contribution in [0.4, 0.5) is 0 Å². The number of hydrogen-bond acceptors (Lipinski definition) is 4. The summed E-state index contributed by atoms with van der Waals surface area (Å²) < 4.78 is 12.2. The predicted octanol–water partition coefficient (Wildman–Crippen LogP) is 2.66. The summed E-state index contributed by atoms with van der Waals surface area (Å²) in [7, 11) is 3.40. The van der Waals surface area contributed by atoms with Crippen LogP contribution in [0.5, 0.6) is 11.5 Å². The number of nitrogens with zero attached hydrogens (tertiary/aromatic N) is 2. The van der Waals surface area contributed by atoms with Crippen molar-refractivity contribution in [2.24, 2.45) is 7.05 Å². The molecule has 5 nitrogen and oxygen atoms in total. The maximum Gasteiger partial charge on any atom is 0.336 e. The van der Waals surface area contributed by atoms with Crippen LogP contribution in [0.2, 0.25) is 0 Å². The molecule has 2 aromatic rings. The van der Waals surface area contributed by atoms with Crippen LogP contribution in [-0.2, 0) is 11.8 Å². The Labute approximate surface area is 123 Å². The van der Waals surface area contributed by atoms with Crippen molar-refractivity contribution in [3.05, 3.63) is 47.3 Å². The fourth-order valence-corrected chi connectivity index (χ4v) is 2.03. The number of aromatic nitrogens is 2. The first kappa shape index (κ1) is 14.8. The van der Waals surface area contributed by atoms with Crippen LogP contribution in [0.3, 0.4) is 0 Å². The van der Waals surface area contributed by atoms with Crippen molar-refractivity contribution in [1.82, 2.24) is 9.78 Å². The Bertz CT molecular complexity index is 687. The van der Waals surface area contributed by atoms with Gasteiger partial charge < -0.3 is 9.47 Å². The summed E-state index contributed by atoms with van der Waals surface area (Å²) >= 11 is 0. The van der Waals surface area contributed by atoms with E-state index in [1.807, 2.05) is 27.0 Å². The average Bonchev–Trinajstić information content (AvgIpc) is 2.71. The first-order valence-electron chi connectivity index (χ1n) is 6.56. The molecule has 21 heavy (non-hydrogen) atoms. The molecule has 0 bridgehead atoms. The molecular formula is C16H18N2O3. The van der Waals surface area contributed by atoms with Crippen LogP contribution in [0.15, 0.2) is 30.3 Å². The van der Waals surface area contributed by atoms with E-state index in [1.165, 1.54) is 13.2 Å². The zero-order valence-electron chi connectivity index (χ0n) is 12.6. The van der Waals surface area contributed by atoms with Crippen molar-refractivity contribution in [2.75, 3.05) is 7.11 Å². The van der Waals surface area contributed by atoms with E-state index < -0.39 is 5.97 Å². The Morgan fingerprint density at radius 2 is 1.90 bits per heavy atom. The van der Waals surface area contributed by atoms with E-state index >= 15 is 0 Å². The topological polar surface area (TPSA) is 53.4 Å². The number of aryl methyl sites for hydroxylation is 2. The summed E-state index contributed by atoms with van der Waals surface area (Å²) in [6, 6.07) is 7.02. The molecule has 0 aliphatic heterocycles. The first-order valence-corrected chi connectivity index (χ1v) is 6.56. The van der Waals surface area contributed by atoms with Gasteiger partial charge in [0.15, 0.2) is 11.5 Å². The van der Waals surface area contributed by atoms with Crippen molar-refractivity contribution in [3.8, 4) is 11.5 Å². The summed E-state index contributed by atoms with van der Waals surface area (Å²) in [5.41, 5.74) is 2.79. The van der Waals surface area contributed by atoms with Gasteiger partial charge in [0.25, 0.3) is 0 Å². The fourth-order valence-electron chi connectivity index (χ4n) is 2.03. The van der Waals surface area contributed by atoms with Gasteiger partial charge >= 0.3 is 5.97 Å². The average molecular weight is 286 g/mol. The summed E-state index contributed by atoms with van der Waals surface area (Å²) in [6.45, 7) is 3.85. The Morgan fingerprint density at radius 3 is 2.48 bits per heavy atom. The number of hydrogen-bond donors (Lipinski definition) is 0. The molecule has 1 heterocycles. The molecule has 0 saturated heterocycles. The lowest BCUT2D eigenvalue weighted by molar-refractivity contribution is -0.129. The third-order valence-electron chi connectivity index (χ3n) is 3.23. The minimum absolute atomic E-state index is 0.397. The molecular weight excluding hydrogens is 268 g/mol. The van der Waals surface area contributed by atoms with Crippen LogP contribution >= 0.6 is 0 Å². The minimum atomic E-state index is -0.456. The highest BCUT2D eigenvalue weighted by Gasteiger charge is 2.09. The van der Waals surface area contributed by atoms with E-state index in [2.05, 4.69) is 5.10 Å². The molecule has 0 aliphatic rings. The summed E-state index contributed by atoms with van der Waals surface area (Å²) in [5.74, 6) is 0.462.